The maximum atomic E-state index is 13.1. The molecule has 4 heterocycles. The highest BCUT2D eigenvalue weighted by Crippen LogP contribution is 2.34. The highest BCUT2D eigenvalue weighted by atomic mass is 32.1. The van der Waals surface area contributed by atoms with Gasteiger partial charge in [-0.05, 0) is 42.0 Å². The summed E-state index contributed by atoms with van der Waals surface area (Å²) in [5.41, 5.74) is 2.39. The van der Waals surface area contributed by atoms with Gasteiger partial charge < -0.3 is 9.80 Å². The monoisotopic (exact) mass is 349 g/mol. The van der Waals surface area contributed by atoms with Crippen molar-refractivity contribution in [3.05, 3.63) is 53.5 Å². The van der Waals surface area contributed by atoms with Crippen molar-refractivity contribution < 1.29 is 4.79 Å². The van der Waals surface area contributed by atoms with Crippen molar-refractivity contribution in [2.75, 3.05) is 29.4 Å². The number of thiophene rings is 1. The van der Waals surface area contributed by atoms with Crippen LogP contribution in [-0.2, 0) is 11.2 Å². The van der Waals surface area contributed by atoms with E-state index in [1.165, 1.54) is 15.6 Å². The zero-order chi connectivity index (χ0) is 16.8. The van der Waals surface area contributed by atoms with Crippen LogP contribution >= 0.6 is 11.3 Å². The van der Waals surface area contributed by atoms with Gasteiger partial charge in [-0.1, -0.05) is 18.2 Å². The van der Waals surface area contributed by atoms with Crippen LogP contribution in [-0.4, -0.2) is 30.5 Å². The number of aromatic nitrogens is 1. The van der Waals surface area contributed by atoms with Crippen LogP contribution in [0.2, 0.25) is 0 Å². The van der Waals surface area contributed by atoms with Gasteiger partial charge in [-0.25, -0.2) is 4.98 Å². The summed E-state index contributed by atoms with van der Waals surface area (Å²) >= 11 is 1.74. The zero-order valence-corrected chi connectivity index (χ0v) is 14.7. The van der Waals surface area contributed by atoms with Crippen molar-refractivity contribution in [3.63, 3.8) is 0 Å². The molecule has 1 atom stereocenters. The van der Waals surface area contributed by atoms with E-state index in [0.29, 0.717) is 0 Å². The van der Waals surface area contributed by atoms with Crippen LogP contribution in [0.25, 0.3) is 10.1 Å². The van der Waals surface area contributed by atoms with E-state index in [1.807, 2.05) is 17.2 Å². The number of amides is 1. The summed E-state index contributed by atoms with van der Waals surface area (Å²) in [6, 6.07) is 12.5. The van der Waals surface area contributed by atoms with E-state index in [1.54, 1.807) is 11.3 Å². The topological polar surface area (TPSA) is 36.4 Å². The molecule has 0 N–H and O–H groups in total. The van der Waals surface area contributed by atoms with Gasteiger partial charge in [0.2, 0.25) is 5.91 Å². The maximum absolute atomic E-state index is 13.1. The van der Waals surface area contributed by atoms with E-state index in [0.717, 1.165) is 44.0 Å². The molecule has 1 fully saturated rings. The summed E-state index contributed by atoms with van der Waals surface area (Å²) in [6.07, 6.45) is 3.74. The number of para-hydroxylation sites is 1. The van der Waals surface area contributed by atoms with E-state index in [9.17, 15) is 4.79 Å². The van der Waals surface area contributed by atoms with Crippen LogP contribution < -0.4 is 9.80 Å². The van der Waals surface area contributed by atoms with Crippen LogP contribution in [0.1, 0.15) is 12.0 Å². The number of carbonyl (C=O) groups excluding carboxylic acids is 1. The molecular weight excluding hydrogens is 330 g/mol. The number of fused-ring (bicyclic) bond motifs is 2. The molecule has 2 aliphatic heterocycles. The van der Waals surface area contributed by atoms with Crippen LogP contribution in [0.4, 0.5) is 11.5 Å². The van der Waals surface area contributed by atoms with Crippen molar-refractivity contribution in [3.8, 4) is 0 Å². The lowest BCUT2D eigenvalue weighted by Crippen LogP contribution is -2.36. The molecule has 5 rings (SSSR count). The molecule has 1 unspecified atom stereocenters. The van der Waals surface area contributed by atoms with E-state index in [2.05, 4.69) is 45.6 Å². The Morgan fingerprint density at radius 3 is 3.04 bits per heavy atom. The first-order valence-corrected chi connectivity index (χ1v) is 9.66. The number of hydrogen-bond acceptors (Lipinski definition) is 4. The van der Waals surface area contributed by atoms with Crippen molar-refractivity contribution in [1.29, 1.82) is 0 Å². The number of anilines is 2. The highest BCUT2D eigenvalue weighted by Gasteiger charge is 2.35. The van der Waals surface area contributed by atoms with Crippen LogP contribution in [0.5, 0.6) is 0 Å². The predicted molar refractivity (Wildman–Crippen MR) is 102 cm³/mol. The molecule has 2 aromatic heterocycles. The molecule has 25 heavy (non-hydrogen) atoms. The molecular formula is C20H19N3OS. The Morgan fingerprint density at radius 1 is 1.16 bits per heavy atom. The van der Waals surface area contributed by atoms with Gasteiger partial charge in [-0.15, -0.1) is 11.3 Å². The molecule has 1 saturated heterocycles. The van der Waals surface area contributed by atoms with Gasteiger partial charge in [0.25, 0.3) is 0 Å². The normalized spacial score (nSPS) is 19.6. The van der Waals surface area contributed by atoms with E-state index in [4.69, 9.17) is 0 Å². The number of nitrogens with zero attached hydrogens (tertiary/aromatic N) is 3. The van der Waals surface area contributed by atoms with Gasteiger partial charge in [0.15, 0.2) is 0 Å². The fourth-order valence-corrected chi connectivity index (χ4v) is 4.85. The largest absolute Gasteiger partial charge is 0.355 e. The second kappa shape index (κ2) is 5.85. The second-order valence-corrected chi connectivity index (χ2v) is 7.71. The average Bonchev–Trinajstić information content (AvgIpc) is 3.38. The average molecular weight is 349 g/mol. The SMILES string of the molecule is O=C(C1CCN(c2nccc3sccc23)C1)N1CCc2ccccc21. The van der Waals surface area contributed by atoms with E-state index < -0.39 is 0 Å². The van der Waals surface area contributed by atoms with Gasteiger partial charge in [0.05, 0.1) is 5.92 Å². The lowest BCUT2D eigenvalue weighted by atomic mass is 10.1. The van der Waals surface area contributed by atoms with Gasteiger partial charge in [0, 0.05) is 41.6 Å². The van der Waals surface area contributed by atoms with Gasteiger partial charge in [-0.3, -0.25) is 4.79 Å². The quantitative estimate of drug-likeness (QED) is 0.708. The van der Waals surface area contributed by atoms with Gasteiger partial charge >= 0.3 is 0 Å². The molecule has 0 radical (unpaired) electrons. The van der Waals surface area contributed by atoms with Crippen molar-refractivity contribution in [2.45, 2.75) is 12.8 Å². The molecule has 1 aromatic carbocycles. The summed E-state index contributed by atoms with van der Waals surface area (Å²) in [7, 11) is 0. The third-order valence-electron chi connectivity index (χ3n) is 5.35. The number of pyridine rings is 1. The first-order valence-electron chi connectivity index (χ1n) is 8.78. The van der Waals surface area contributed by atoms with Crippen molar-refractivity contribution in [2.24, 2.45) is 5.92 Å². The molecule has 0 saturated carbocycles. The summed E-state index contributed by atoms with van der Waals surface area (Å²) in [5, 5.41) is 3.31. The van der Waals surface area contributed by atoms with Crippen molar-refractivity contribution in [1.82, 2.24) is 4.98 Å². The minimum atomic E-state index is 0.0573. The summed E-state index contributed by atoms with van der Waals surface area (Å²) in [5.74, 6) is 1.35. The van der Waals surface area contributed by atoms with Crippen LogP contribution in [0.15, 0.2) is 48.0 Å². The van der Waals surface area contributed by atoms with Gasteiger partial charge in [-0.2, -0.15) is 0 Å². The number of benzene rings is 1. The molecule has 4 nitrogen and oxygen atoms in total. The fraction of sp³-hybridized carbons (Fsp3) is 0.300. The second-order valence-electron chi connectivity index (χ2n) is 6.77. The molecule has 5 heteroatoms. The number of carbonyl (C=O) groups is 1. The molecule has 0 bridgehead atoms. The Hall–Kier alpha value is -2.40. The zero-order valence-electron chi connectivity index (χ0n) is 13.9. The molecule has 126 valence electrons. The molecule has 3 aromatic rings. The Labute approximate surface area is 150 Å². The predicted octanol–water partition coefficient (Wildman–Crippen LogP) is 3.71. The van der Waals surface area contributed by atoms with Gasteiger partial charge in [0.1, 0.15) is 5.82 Å². The third-order valence-corrected chi connectivity index (χ3v) is 6.23. The lowest BCUT2D eigenvalue weighted by Gasteiger charge is -2.22. The molecule has 0 aliphatic carbocycles. The van der Waals surface area contributed by atoms with Crippen LogP contribution in [0.3, 0.4) is 0 Å². The summed E-state index contributed by atoms with van der Waals surface area (Å²) < 4.78 is 1.26. The molecule has 2 aliphatic rings. The Bertz CT molecular complexity index is 951. The standard InChI is InChI=1S/C20H19N3OS/c24-20(23-11-7-14-3-1-2-4-17(14)23)15-6-10-22(13-15)19-16-8-12-25-18(16)5-9-21-19/h1-5,8-9,12,15H,6-7,10-11,13H2. The lowest BCUT2D eigenvalue weighted by molar-refractivity contribution is -0.121. The fourth-order valence-electron chi connectivity index (χ4n) is 4.07. The van der Waals surface area contributed by atoms with E-state index >= 15 is 0 Å². The Balaban J connectivity index is 1.38. The number of rotatable bonds is 2. The summed E-state index contributed by atoms with van der Waals surface area (Å²) in [4.78, 5) is 21.9. The number of hydrogen-bond donors (Lipinski definition) is 0. The van der Waals surface area contributed by atoms with Crippen LogP contribution in [0, 0.1) is 5.92 Å². The van der Waals surface area contributed by atoms with Crippen molar-refractivity contribution >= 4 is 38.8 Å². The minimum absolute atomic E-state index is 0.0573. The molecule has 0 spiro atoms. The first-order chi connectivity index (χ1) is 12.3. The minimum Gasteiger partial charge on any atom is -0.355 e. The maximum Gasteiger partial charge on any atom is 0.231 e. The molecule has 1 amide bonds. The third kappa shape index (κ3) is 2.42. The highest BCUT2D eigenvalue weighted by molar-refractivity contribution is 7.17. The van der Waals surface area contributed by atoms with E-state index in [-0.39, 0.29) is 11.8 Å². The first kappa shape index (κ1) is 14.9. The smallest absolute Gasteiger partial charge is 0.231 e. The Kier molecular flexibility index (Phi) is 3.48. The Morgan fingerprint density at radius 2 is 2.08 bits per heavy atom. The summed E-state index contributed by atoms with van der Waals surface area (Å²) in [6.45, 7) is 2.47.